The third-order valence-corrected chi connectivity index (χ3v) is 6.67. The van der Waals surface area contributed by atoms with Gasteiger partial charge in [-0.1, -0.05) is 36.7 Å². The van der Waals surface area contributed by atoms with Crippen LogP contribution < -0.4 is 0 Å². The van der Waals surface area contributed by atoms with E-state index in [1.165, 1.54) is 12.5 Å². The van der Waals surface area contributed by atoms with Crippen molar-refractivity contribution >= 4 is 15.9 Å². The fourth-order valence-electron chi connectivity index (χ4n) is 4.80. The molecule has 1 aromatic rings. The fraction of sp³-hybridized carbons (Fsp3) is 0.647. The van der Waals surface area contributed by atoms with Crippen LogP contribution in [0.3, 0.4) is 0 Å². The lowest BCUT2D eigenvalue weighted by atomic mass is 9.58. The normalized spacial score (nSPS) is 38.4. The molecule has 110 valence electrons. The van der Waals surface area contributed by atoms with Gasteiger partial charge in [-0.25, -0.2) is 4.39 Å². The Labute approximate surface area is 128 Å². The van der Waals surface area contributed by atoms with Crippen LogP contribution in [0.2, 0.25) is 0 Å². The van der Waals surface area contributed by atoms with Gasteiger partial charge < -0.3 is 5.11 Å². The van der Waals surface area contributed by atoms with Crippen molar-refractivity contribution < 1.29 is 9.50 Å². The first-order valence-corrected chi connectivity index (χ1v) is 8.15. The smallest absolute Gasteiger partial charge is 0.124 e. The molecule has 1 aromatic carbocycles. The summed E-state index contributed by atoms with van der Waals surface area (Å²) in [5, 5.41) is 11.5. The second-order valence-electron chi connectivity index (χ2n) is 7.54. The van der Waals surface area contributed by atoms with Crippen LogP contribution in [0.15, 0.2) is 22.7 Å². The molecule has 2 saturated carbocycles. The van der Waals surface area contributed by atoms with E-state index in [0.717, 1.165) is 22.9 Å². The van der Waals surface area contributed by atoms with E-state index in [2.05, 4.69) is 36.7 Å². The van der Waals surface area contributed by atoms with Gasteiger partial charge in [0.1, 0.15) is 5.82 Å². The molecule has 0 radical (unpaired) electrons. The highest BCUT2D eigenvalue weighted by Crippen LogP contribution is 2.68. The molecule has 0 amide bonds. The van der Waals surface area contributed by atoms with Crippen LogP contribution in [0, 0.1) is 22.6 Å². The van der Waals surface area contributed by atoms with E-state index in [0.29, 0.717) is 12.3 Å². The van der Waals surface area contributed by atoms with Crippen molar-refractivity contribution in [3.8, 4) is 0 Å². The van der Waals surface area contributed by atoms with Crippen molar-refractivity contribution in [1.82, 2.24) is 0 Å². The zero-order valence-corrected chi connectivity index (χ0v) is 13.9. The largest absolute Gasteiger partial charge is 0.388 e. The summed E-state index contributed by atoms with van der Waals surface area (Å²) in [5.41, 5.74) is -0.0317. The number of rotatable bonds is 2. The van der Waals surface area contributed by atoms with Crippen LogP contribution in [0.5, 0.6) is 0 Å². The Morgan fingerprint density at radius 1 is 1.30 bits per heavy atom. The number of hydrogen-bond acceptors (Lipinski definition) is 1. The van der Waals surface area contributed by atoms with Crippen LogP contribution in [0.1, 0.15) is 45.6 Å². The molecule has 20 heavy (non-hydrogen) atoms. The van der Waals surface area contributed by atoms with E-state index in [-0.39, 0.29) is 16.6 Å². The second kappa shape index (κ2) is 4.30. The molecule has 3 rings (SSSR count). The number of benzene rings is 1. The molecule has 3 atom stereocenters. The standard InChI is InChI=1S/C17H22BrFO/c1-15(2)12-4-5-16(3,10-12)17(15,20)9-11-6-13(18)8-14(19)7-11/h6-8,12,20H,4-5,9-10H2,1-3H3. The fourth-order valence-corrected chi connectivity index (χ4v) is 5.31. The number of hydrogen-bond donors (Lipinski definition) is 1. The van der Waals surface area contributed by atoms with Crippen LogP contribution in [0.4, 0.5) is 4.39 Å². The van der Waals surface area contributed by atoms with E-state index in [1.54, 1.807) is 6.07 Å². The lowest BCUT2D eigenvalue weighted by molar-refractivity contribution is -0.141. The summed E-state index contributed by atoms with van der Waals surface area (Å²) >= 11 is 3.34. The second-order valence-corrected chi connectivity index (χ2v) is 8.45. The van der Waals surface area contributed by atoms with Crippen LogP contribution in [0.25, 0.3) is 0 Å². The van der Waals surface area contributed by atoms with Crippen LogP contribution in [-0.2, 0) is 6.42 Å². The maximum atomic E-state index is 13.6. The molecule has 0 saturated heterocycles. The van der Waals surface area contributed by atoms with E-state index in [4.69, 9.17) is 0 Å². The van der Waals surface area contributed by atoms with E-state index < -0.39 is 5.60 Å². The third-order valence-electron chi connectivity index (χ3n) is 6.21. The summed E-state index contributed by atoms with van der Waals surface area (Å²) in [4.78, 5) is 0. The summed E-state index contributed by atoms with van der Waals surface area (Å²) < 4.78 is 14.3. The van der Waals surface area contributed by atoms with Crippen LogP contribution in [-0.4, -0.2) is 10.7 Å². The minimum Gasteiger partial charge on any atom is -0.388 e. The van der Waals surface area contributed by atoms with Gasteiger partial charge in [0.2, 0.25) is 0 Å². The van der Waals surface area contributed by atoms with E-state index in [1.807, 2.05) is 6.07 Å². The Bertz CT molecular complexity index is 529. The maximum Gasteiger partial charge on any atom is 0.124 e. The molecule has 0 aliphatic heterocycles. The monoisotopic (exact) mass is 340 g/mol. The van der Waals surface area contributed by atoms with Crippen molar-refractivity contribution in [2.24, 2.45) is 16.7 Å². The minimum atomic E-state index is -0.754. The van der Waals surface area contributed by atoms with Gasteiger partial charge in [-0.2, -0.15) is 0 Å². The topological polar surface area (TPSA) is 20.2 Å². The Kier molecular flexibility index (Phi) is 3.12. The predicted octanol–water partition coefficient (Wildman–Crippen LogP) is 4.71. The van der Waals surface area contributed by atoms with Gasteiger partial charge in [0.15, 0.2) is 0 Å². The molecule has 0 heterocycles. The summed E-state index contributed by atoms with van der Waals surface area (Å²) in [6.45, 7) is 6.56. The Morgan fingerprint density at radius 3 is 2.55 bits per heavy atom. The number of aliphatic hydroxyl groups is 1. The van der Waals surface area contributed by atoms with Gasteiger partial charge in [-0.05, 0) is 59.8 Å². The molecule has 2 bridgehead atoms. The lowest BCUT2D eigenvalue weighted by Crippen LogP contribution is -2.55. The van der Waals surface area contributed by atoms with E-state index in [9.17, 15) is 9.50 Å². The summed E-state index contributed by atoms with van der Waals surface area (Å²) in [5.74, 6) is 0.332. The van der Waals surface area contributed by atoms with Gasteiger partial charge in [0.05, 0.1) is 5.60 Å². The molecule has 2 aliphatic carbocycles. The van der Waals surface area contributed by atoms with E-state index >= 15 is 0 Å². The highest BCUT2D eigenvalue weighted by molar-refractivity contribution is 9.10. The molecule has 3 heteroatoms. The van der Waals surface area contributed by atoms with Crippen molar-refractivity contribution in [1.29, 1.82) is 0 Å². The molecule has 0 aromatic heterocycles. The Morgan fingerprint density at radius 2 is 2.00 bits per heavy atom. The van der Waals surface area contributed by atoms with Crippen molar-refractivity contribution in [2.75, 3.05) is 0 Å². The minimum absolute atomic E-state index is 0.0417. The molecule has 1 nitrogen and oxygen atoms in total. The quantitative estimate of drug-likeness (QED) is 0.826. The lowest BCUT2D eigenvalue weighted by Gasteiger charge is -2.51. The van der Waals surface area contributed by atoms with Gasteiger partial charge >= 0.3 is 0 Å². The first-order chi connectivity index (χ1) is 9.18. The molecular formula is C17H22BrFO. The third kappa shape index (κ3) is 1.82. The van der Waals surface area contributed by atoms with Gasteiger partial charge in [-0.15, -0.1) is 0 Å². The Balaban J connectivity index is 2.00. The number of halogens is 2. The summed E-state index contributed by atoms with van der Waals surface area (Å²) in [6.07, 6.45) is 3.91. The average Bonchev–Trinajstić information content (AvgIpc) is 2.76. The first-order valence-electron chi connectivity index (χ1n) is 7.35. The number of fused-ring (bicyclic) bond motifs is 2. The van der Waals surface area contributed by atoms with Gasteiger partial charge in [0.25, 0.3) is 0 Å². The highest BCUT2D eigenvalue weighted by atomic mass is 79.9. The van der Waals surface area contributed by atoms with Crippen LogP contribution >= 0.6 is 15.9 Å². The highest BCUT2D eigenvalue weighted by Gasteiger charge is 2.67. The van der Waals surface area contributed by atoms with Crippen molar-refractivity contribution in [3.63, 3.8) is 0 Å². The molecule has 0 spiro atoms. The first kappa shape index (κ1) is 14.5. The Hall–Kier alpha value is -0.410. The zero-order valence-electron chi connectivity index (χ0n) is 12.3. The van der Waals surface area contributed by atoms with Gasteiger partial charge in [-0.3, -0.25) is 0 Å². The molecule has 1 N–H and O–H groups in total. The molecule has 2 fully saturated rings. The van der Waals surface area contributed by atoms with Gasteiger partial charge in [0, 0.05) is 10.9 Å². The van der Waals surface area contributed by atoms with Crippen molar-refractivity contribution in [2.45, 2.75) is 52.1 Å². The SMILES string of the molecule is CC12CCC(C1)C(C)(C)C2(O)Cc1cc(F)cc(Br)c1. The molecule has 2 aliphatic rings. The van der Waals surface area contributed by atoms with Crippen molar-refractivity contribution in [3.05, 3.63) is 34.1 Å². The zero-order chi connectivity index (χ0) is 14.8. The summed E-state index contributed by atoms with van der Waals surface area (Å²) in [7, 11) is 0. The average molecular weight is 341 g/mol. The molecule has 3 unspecified atom stereocenters. The molecular weight excluding hydrogens is 319 g/mol. The summed E-state index contributed by atoms with van der Waals surface area (Å²) in [6, 6.07) is 4.93. The maximum absolute atomic E-state index is 13.6. The predicted molar refractivity (Wildman–Crippen MR) is 82.0 cm³/mol.